The molecule has 6 heteroatoms. The van der Waals surface area contributed by atoms with Gasteiger partial charge in [0, 0.05) is 28.6 Å². The monoisotopic (exact) mass is 335 g/mol. The molecule has 1 aromatic rings. The van der Waals surface area contributed by atoms with Gasteiger partial charge in [0.1, 0.15) is 0 Å². The lowest BCUT2D eigenvalue weighted by Crippen LogP contribution is -2.41. The van der Waals surface area contributed by atoms with Gasteiger partial charge in [0.05, 0.1) is 4.90 Å². The molecule has 1 aromatic carbocycles. The molecule has 1 heterocycles. The predicted octanol–water partition coefficient (Wildman–Crippen LogP) is 2.58. The summed E-state index contributed by atoms with van der Waals surface area (Å²) < 4.78 is 27.1. The van der Waals surface area contributed by atoms with Gasteiger partial charge < -0.3 is 0 Å². The number of rotatable bonds is 2. The zero-order valence-electron chi connectivity index (χ0n) is 9.47. The van der Waals surface area contributed by atoms with E-state index < -0.39 is 10.0 Å². The van der Waals surface area contributed by atoms with Gasteiger partial charge in [-0.3, -0.25) is 0 Å². The standard InChI is InChI=1S/C11H14BrNO2S2/c1-9-8-13(6-7-16-9)17(14,15)11-5-3-2-4-10(11)12/h2-5,9H,6-8H2,1H3. The first kappa shape index (κ1) is 13.4. The lowest BCUT2D eigenvalue weighted by Gasteiger charge is -2.29. The van der Waals surface area contributed by atoms with Crippen molar-refractivity contribution in [2.45, 2.75) is 17.1 Å². The van der Waals surface area contributed by atoms with E-state index >= 15 is 0 Å². The van der Waals surface area contributed by atoms with Crippen LogP contribution in [0.15, 0.2) is 33.6 Å². The first-order valence-corrected chi connectivity index (χ1v) is 8.66. The van der Waals surface area contributed by atoms with E-state index in [9.17, 15) is 8.42 Å². The highest BCUT2D eigenvalue weighted by molar-refractivity contribution is 9.10. The van der Waals surface area contributed by atoms with E-state index in [0.717, 1.165) is 5.75 Å². The summed E-state index contributed by atoms with van der Waals surface area (Å²) in [5.74, 6) is 0.866. The topological polar surface area (TPSA) is 37.4 Å². The summed E-state index contributed by atoms with van der Waals surface area (Å²) in [5, 5.41) is 0.362. The molecule has 1 saturated heterocycles. The van der Waals surface area contributed by atoms with E-state index in [-0.39, 0.29) is 0 Å². The summed E-state index contributed by atoms with van der Waals surface area (Å²) in [6.45, 7) is 3.25. The van der Waals surface area contributed by atoms with Crippen LogP contribution >= 0.6 is 27.7 Å². The summed E-state index contributed by atoms with van der Waals surface area (Å²) in [5.41, 5.74) is 0. The normalized spacial score (nSPS) is 22.6. The fourth-order valence-electron chi connectivity index (χ4n) is 1.80. The molecular weight excluding hydrogens is 322 g/mol. The molecule has 0 saturated carbocycles. The number of thioether (sulfide) groups is 1. The van der Waals surface area contributed by atoms with Crippen molar-refractivity contribution in [3.8, 4) is 0 Å². The third kappa shape index (κ3) is 2.86. The summed E-state index contributed by atoms with van der Waals surface area (Å²) in [6, 6.07) is 6.97. The van der Waals surface area contributed by atoms with Crippen LogP contribution in [-0.4, -0.2) is 36.8 Å². The first-order valence-electron chi connectivity index (χ1n) is 5.38. The van der Waals surface area contributed by atoms with Crippen LogP contribution in [0.4, 0.5) is 0 Å². The van der Waals surface area contributed by atoms with Crippen molar-refractivity contribution in [1.29, 1.82) is 0 Å². The SMILES string of the molecule is CC1CN(S(=O)(=O)c2ccccc2Br)CCS1. The van der Waals surface area contributed by atoms with Crippen LogP contribution in [0.2, 0.25) is 0 Å². The Morgan fingerprint density at radius 3 is 2.76 bits per heavy atom. The summed E-state index contributed by atoms with van der Waals surface area (Å²) in [7, 11) is -3.35. The molecule has 0 aromatic heterocycles. The molecule has 17 heavy (non-hydrogen) atoms. The molecule has 3 nitrogen and oxygen atoms in total. The average Bonchev–Trinajstić information content (AvgIpc) is 2.29. The van der Waals surface area contributed by atoms with Crippen LogP contribution in [0.3, 0.4) is 0 Å². The number of nitrogens with zero attached hydrogens (tertiary/aromatic N) is 1. The second-order valence-corrected chi connectivity index (χ2v) is 8.28. The maximum absolute atomic E-state index is 12.4. The fourth-order valence-corrected chi connectivity index (χ4v) is 5.51. The molecule has 1 fully saturated rings. The van der Waals surface area contributed by atoms with Gasteiger partial charge in [-0.15, -0.1) is 0 Å². The molecule has 1 atom stereocenters. The van der Waals surface area contributed by atoms with Gasteiger partial charge in [0.2, 0.25) is 10.0 Å². The molecule has 1 aliphatic rings. The summed E-state index contributed by atoms with van der Waals surface area (Å²) in [4.78, 5) is 0.360. The highest BCUT2D eigenvalue weighted by Gasteiger charge is 2.29. The molecule has 2 rings (SSSR count). The third-order valence-electron chi connectivity index (χ3n) is 2.66. The Kier molecular flexibility index (Phi) is 4.18. The minimum atomic E-state index is -3.35. The Bertz CT molecular complexity index is 504. The molecule has 0 radical (unpaired) electrons. The highest BCUT2D eigenvalue weighted by atomic mass is 79.9. The van der Waals surface area contributed by atoms with Crippen molar-refractivity contribution in [1.82, 2.24) is 4.31 Å². The Labute approximate surface area is 115 Å². The number of sulfonamides is 1. The lowest BCUT2D eigenvalue weighted by molar-refractivity contribution is 0.424. The van der Waals surface area contributed by atoms with Crippen molar-refractivity contribution < 1.29 is 8.42 Å². The zero-order chi connectivity index (χ0) is 12.5. The van der Waals surface area contributed by atoms with Crippen LogP contribution in [0.1, 0.15) is 6.92 Å². The summed E-state index contributed by atoms with van der Waals surface area (Å²) >= 11 is 5.12. The van der Waals surface area contributed by atoms with Crippen LogP contribution in [0.5, 0.6) is 0 Å². The first-order chi connectivity index (χ1) is 8.01. The predicted molar refractivity (Wildman–Crippen MR) is 74.8 cm³/mol. The van der Waals surface area contributed by atoms with Crippen molar-refractivity contribution in [3.63, 3.8) is 0 Å². The van der Waals surface area contributed by atoms with Gasteiger partial charge in [-0.25, -0.2) is 8.42 Å². The van der Waals surface area contributed by atoms with E-state index in [2.05, 4.69) is 22.9 Å². The van der Waals surface area contributed by atoms with Crippen LogP contribution in [0, 0.1) is 0 Å². The Morgan fingerprint density at radius 2 is 2.12 bits per heavy atom. The van der Waals surface area contributed by atoms with Crippen LogP contribution in [0.25, 0.3) is 0 Å². The smallest absolute Gasteiger partial charge is 0.207 e. The molecule has 1 aliphatic heterocycles. The van der Waals surface area contributed by atoms with Gasteiger partial charge >= 0.3 is 0 Å². The maximum Gasteiger partial charge on any atom is 0.244 e. The zero-order valence-corrected chi connectivity index (χ0v) is 12.7. The second kappa shape index (κ2) is 5.30. The number of halogens is 1. The highest BCUT2D eigenvalue weighted by Crippen LogP contribution is 2.28. The minimum Gasteiger partial charge on any atom is -0.207 e. The molecule has 94 valence electrons. The number of hydrogen-bond donors (Lipinski definition) is 0. The Morgan fingerprint density at radius 1 is 1.41 bits per heavy atom. The van der Waals surface area contributed by atoms with Crippen molar-refractivity contribution >= 4 is 37.7 Å². The van der Waals surface area contributed by atoms with Crippen LogP contribution in [-0.2, 0) is 10.0 Å². The summed E-state index contributed by atoms with van der Waals surface area (Å²) in [6.07, 6.45) is 0. The van der Waals surface area contributed by atoms with E-state index in [1.54, 1.807) is 22.5 Å². The fraction of sp³-hybridized carbons (Fsp3) is 0.455. The average molecular weight is 336 g/mol. The largest absolute Gasteiger partial charge is 0.244 e. The van der Waals surface area contributed by atoms with Crippen molar-refractivity contribution in [3.05, 3.63) is 28.7 Å². The lowest BCUT2D eigenvalue weighted by atomic mass is 10.4. The van der Waals surface area contributed by atoms with E-state index in [4.69, 9.17) is 0 Å². The van der Waals surface area contributed by atoms with Crippen molar-refractivity contribution in [2.24, 2.45) is 0 Å². The maximum atomic E-state index is 12.4. The molecular formula is C11H14BrNO2S2. The molecule has 0 N–H and O–H groups in total. The second-order valence-electron chi connectivity index (χ2n) is 3.97. The van der Waals surface area contributed by atoms with E-state index in [0.29, 0.717) is 27.7 Å². The van der Waals surface area contributed by atoms with Gasteiger partial charge in [0.15, 0.2) is 0 Å². The molecule has 1 unspecified atom stereocenters. The number of benzene rings is 1. The van der Waals surface area contributed by atoms with Gasteiger partial charge in [-0.2, -0.15) is 16.1 Å². The van der Waals surface area contributed by atoms with Crippen LogP contribution < -0.4 is 0 Å². The Balaban J connectivity index is 2.33. The molecule has 0 spiro atoms. The number of hydrogen-bond acceptors (Lipinski definition) is 3. The van der Waals surface area contributed by atoms with Gasteiger partial charge in [0.25, 0.3) is 0 Å². The molecule has 0 aliphatic carbocycles. The van der Waals surface area contributed by atoms with Crippen molar-refractivity contribution in [2.75, 3.05) is 18.8 Å². The van der Waals surface area contributed by atoms with Gasteiger partial charge in [-0.1, -0.05) is 19.1 Å². The van der Waals surface area contributed by atoms with Gasteiger partial charge in [-0.05, 0) is 28.1 Å². The van der Waals surface area contributed by atoms with E-state index in [1.807, 2.05) is 17.8 Å². The van der Waals surface area contributed by atoms with E-state index in [1.165, 1.54) is 0 Å². The Hall–Kier alpha value is -0.0400. The third-order valence-corrected chi connectivity index (χ3v) is 6.67. The molecule has 0 bridgehead atoms. The molecule has 0 amide bonds. The minimum absolute atomic E-state index is 0.360. The quantitative estimate of drug-likeness (QED) is 0.833.